The summed E-state index contributed by atoms with van der Waals surface area (Å²) in [6, 6.07) is 15.5. The van der Waals surface area contributed by atoms with Crippen molar-refractivity contribution in [2.75, 3.05) is 13.2 Å². The van der Waals surface area contributed by atoms with Gasteiger partial charge in [0.2, 0.25) is 5.91 Å². The molecule has 168 valence electrons. The van der Waals surface area contributed by atoms with Crippen LogP contribution in [0.5, 0.6) is 0 Å². The third-order valence-corrected chi connectivity index (χ3v) is 6.18. The minimum Gasteiger partial charge on any atom is -0.480 e. The number of carbonyl (C=O) groups is 3. The summed E-state index contributed by atoms with van der Waals surface area (Å²) >= 11 is 0. The lowest BCUT2D eigenvalue weighted by Crippen LogP contribution is -2.44. The summed E-state index contributed by atoms with van der Waals surface area (Å²) in [4.78, 5) is 37.4. The van der Waals surface area contributed by atoms with Crippen LogP contribution in [0.1, 0.15) is 49.7 Å². The van der Waals surface area contributed by atoms with Crippen LogP contribution >= 0.6 is 0 Å². The van der Waals surface area contributed by atoms with E-state index in [-0.39, 0.29) is 30.9 Å². The molecule has 1 unspecified atom stereocenters. The normalized spacial score (nSPS) is 15.4. The van der Waals surface area contributed by atoms with Crippen LogP contribution in [0.4, 0.5) is 4.79 Å². The van der Waals surface area contributed by atoms with Gasteiger partial charge in [0, 0.05) is 24.9 Å². The van der Waals surface area contributed by atoms with Gasteiger partial charge in [0.15, 0.2) is 0 Å². The Hall–Kier alpha value is -3.35. The molecule has 0 radical (unpaired) electrons. The van der Waals surface area contributed by atoms with Crippen LogP contribution in [0.15, 0.2) is 48.5 Å². The van der Waals surface area contributed by atoms with Crippen molar-refractivity contribution < 1.29 is 24.2 Å². The second kappa shape index (κ2) is 9.42. The molecule has 4 rings (SSSR count). The van der Waals surface area contributed by atoms with Crippen LogP contribution in [-0.2, 0) is 14.3 Å². The number of amides is 2. The molecule has 2 amide bonds. The molecule has 2 aliphatic rings. The Morgan fingerprint density at radius 3 is 2.22 bits per heavy atom. The van der Waals surface area contributed by atoms with Crippen molar-refractivity contribution in [3.05, 3.63) is 59.7 Å². The van der Waals surface area contributed by atoms with Crippen LogP contribution in [-0.4, -0.2) is 53.2 Å². The number of alkyl carbamates (subject to hydrolysis) is 1. The highest BCUT2D eigenvalue weighted by Gasteiger charge is 2.38. The lowest BCUT2D eigenvalue weighted by atomic mass is 9.98. The lowest BCUT2D eigenvalue weighted by Gasteiger charge is -2.26. The predicted molar refractivity (Wildman–Crippen MR) is 119 cm³/mol. The van der Waals surface area contributed by atoms with Crippen molar-refractivity contribution in [2.24, 2.45) is 0 Å². The molecule has 0 heterocycles. The first-order valence-electron chi connectivity index (χ1n) is 11.1. The Bertz CT molecular complexity index is 971. The lowest BCUT2D eigenvalue weighted by molar-refractivity contribution is -0.150. The third-order valence-electron chi connectivity index (χ3n) is 6.18. The highest BCUT2D eigenvalue weighted by atomic mass is 16.5. The predicted octanol–water partition coefficient (Wildman–Crippen LogP) is 3.77. The number of hydrogen-bond donors (Lipinski definition) is 2. The van der Waals surface area contributed by atoms with Gasteiger partial charge >= 0.3 is 12.1 Å². The van der Waals surface area contributed by atoms with Crippen LogP contribution in [0, 0.1) is 0 Å². The van der Waals surface area contributed by atoms with Gasteiger partial charge in [-0.05, 0) is 48.4 Å². The van der Waals surface area contributed by atoms with Crippen LogP contribution in [0.3, 0.4) is 0 Å². The van der Waals surface area contributed by atoms with E-state index >= 15 is 0 Å². The number of nitrogens with zero attached hydrogens (tertiary/aromatic N) is 1. The number of fused-ring (bicyclic) bond motifs is 3. The van der Waals surface area contributed by atoms with E-state index in [0.717, 1.165) is 24.0 Å². The molecule has 0 aliphatic heterocycles. The monoisotopic (exact) mass is 436 g/mol. The summed E-state index contributed by atoms with van der Waals surface area (Å²) in [5.74, 6) is -1.18. The molecule has 1 saturated carbocycles. The summed E-state index contributed by atoms with van der Waals surface area (Å²) in [5, 5.41) is 11.9. The molecule has 2 aromatic carbocycles. The second-order valence-electron chi connectivity index (χ2n) is 8.40. The van der Waals surface area contributed by atoms with Gasteiger partial charge in [-0.25, -0.2) is 9.59 Å². The SMILES string of the molecule is CC(C(=O)O)N(C(=O)CCCNC(=O)OCC1c2ccccc2-c2ccccc21)C1CC1. The molecule has 2 aliphatic carbocycles. The molecule has 32 heavy (non-hydrogen) atoms. The maximum absolute atomic E-state index is 12.5. The number of nitrogens with one attached hydrogen (secondary N) is 1. The molecule has 7 nitrogen and oxygen atoms in total. The van der Waals surface area contributed by atoms with Crippen LogP contribution < -0.4 is 5.32 Å². The fraction of sp³-hybridized carbons (Fsp3) is 0.400. The van der Waals surface area contributed by atoms with Crippen molar-refractivity contribution in [3.8, 4) is 11.1 Å². The molecule has 0 bridgehead atoms. The first-order valence-corrected chi connectivity index (χ1v) is 11.1. The molecular weight excluding hydrogens is 408 g/mol. The van der Waals surface area contributed by atoms with Gasteiger partial charge in [0.1, 0.15) is 12.6 Å². The highest BCUT2D eigenvalue weighted by molar-refractivity contribution is 5.84. The van der Waals surface area contributed by atoms with E-state index in [2.05, 4.69) is 29.6 Å². The molecule has 2 aromatic rings. The Morgan fingerprint density at radius 1 is 1.06 bits per heavy atom. The smallest absolute Gasteiger partial charge is 0.407 e. The Kier molecular flexibility index (Phi) is 6.44. The maximum Gasteiger partial charge on any atom is 0.407 e. The topological polar surface area (TPSA) is 95.9 Å². The number of hydrogen-bond acceptors (Lipinski definition) is 4. The summed E-state index contributed by atoms with van der Waals surface area (Å²) in [7, 11) is 0. The minimum atomic E-state index is -0.998. The average Bonchev–Trinajstić information content (AvgIpc) is 3.57. The van der Waals surface area contributed by atoms with Gasteiger partial charge in [0.05, 0.1) is 0 Å². The van der Waals surface area contributed by atoms with Crippen molar-refractivity contribution in [2.45, 2.75) is 50.6 Å². The third kappa shape index (κ3) is 4.61. The van der Waals surface area contributed by atoms with E-state index in [9.17, 15) is 19.5 Å². The van der Waals surface area contributed by atoms with Gasteiger partial charge in [-0.2, -0.15) is 0 Å². The Labute approximate surface area is 187 Å². The van der Waals surface area contributed by atoms with Crippen LogP contribution in [0.2, 0.25) is 0 Å². The fourth-order valence-electron chi connectivity index (χ4n) is 4.42. The van der Waals surface area contributed by atoms with E-state index in [4.69, 9.17) is 4.74 Å². The van der Waals surface area contributed by atoms with Crippen molar-refractivity contribution in [1.29, 1.82) is 0 Å². The average molecular weight is 437 g/mol. The van der Waals surface area contributed by atoms with Gasteiger partial charge in [-0.15, -0.1) is 0 Å². The van der Waals surface area contributed by atoms with E-state index in [1.807, 2.05) is 24.3 Å². The molecule has 2 N–H and O–H groups in total. The molecule has 0 aromatic heterocycles. The number of aliphatic carboxylic acids is 1. The summed E-state index contributed by atoms with van der Waals surface area (Å²) in [6.45, 7) is 2.07. The molecule has 0 spiro atoms. The summed E-state index contributed by atoms with van der Waals surface area (Å²) in [6.07, 6.45) is 1.80. The molecule has 1 fully saturated rings. The van der Waals surface area contributed by atoms with Gasteiger partial charge in [-0.1, -0.05) is 48.5 Å². The van der Waals surface area contributed by atoms with Crippen molar-refractivity contribution in [1.82, 2.24) is 10.2 Å². The van der Waals surface area contributed by atoms with E-state index < -0.39 is 18.1 Å². The molecule has 1 atom stereocenters. The second-order valence-corrected chi connectivity index (χ2v) is 8.40. The quantitative estimate of drug-likeness (QED) is 0.584. The van der Waals surface area contributed by atoms with Crippen LogP contribution in [0.25, 0.3) is 11.1 Å². The maximum atomic E-state index is 12.5. The summed E-state index contributed by atoms with van der Waals surface area (Å²) in [5.41, 5.74) is 4.65. The zero-order chi connectivity index (χ0) is 22.7. The zero-order valence-corrected chi connectivity index (χ0v) is 18.1. The number of rotatable bonds is 9. The first kappa shape index (κ1) is 21.9. The number of carboxylic acids is 1. The fourth-order valence-corrected chi connectivity index (χ4v) is 4.42. The van der Waals surface area contributed by atoms with Crippen molar-refractivity contribution in [3.63, 3.8) is 0 Å². The zero-order valence-electron chi connectivity index (χ0n) is 18.1. The number of benzene rings is 2. The highest BCUT2D eigenvalue weighted by Crippen LogP contribution is 2.44. The van der Waals surface area contributed by atoms with Gasteiger partial charge < -0.3 is 20.1 Å². The van der Waals surface area contributed by atoms with E-state index in [1.54, 1.807) is 0 Å². The largest absolute Gasteiger partial charge is 0.480 e. The van der Waals surface area contributed by atoms with Gasteiger partial charge in [-0.3, -0.25) is 4.79 Å². The Balaban J connectivity index is 1.24. The van der Waals surface area contributed by atoms with Gasteiger partial charge in [0.25, 0.3) is 0 Å². The van der Waals surface area contributed by atoms with Crippen molar-refractivity contribution >= 4 is 18.0 Å². The summed E-state index contributed by atoms with van der Waals surface area (Å²) < 4.78 is 5.49. The molecule has 0 saturated heterocycles. The molecular formula is C25H28N2O5. The first-order chi connectivity index (χ1) is 15.5. The number of ether oxygens (including phenoxy) is 1. The minimum absolute atomic E-state index is 0.000617. The van der Waals surface area contributed by atoms with E-state index in [1.165, 1.54) is 23.0 Å². The Morgan fingerprint density at radius 2 is 1.66 bits per heavy atom. The number of carbonyl (C=O) groups excluding carboxylic acids is 2. The number of carboxylic acid groups (broad SMARTS) is 1. The standard InChI is InChI=1S/C25H28N2O5/c1-16(24(29)30)27(17-12-13-17)23(28)11-6-14-26-25(31)32-15-22-20-9-4-2-7-18(20)19-8-3-5-10-21(19)22/h2-5,7-10,16-17,22H,6,11-15H2,1H3,(H,26,31)(H,29,30). The van der Waals surface area contributed by atoms with E-state index in [0.29, 0.717) is 13.0 Å². The molecule has 7 heteroatoms.